The molecule has 13 heteroatoms. The highest BCUT2D eigenvalue weighted by molar-refractivity contribution is 9.10. The van der Waals surface area contributed by atoms with E-state index in [1.807, 2.05) is 0 Å². The van der Waals surface area contributed by atoms with Crippen molar-refractivity contribution in [2.75, 3.05) is 10.2 Å². The molecule has 0 bridgehead atoms. The number of carbonyl (C=O) groups excluding carboxylic acids is 3. The van der Waals surface area contributed by atoms with Gasteiger partial charge in [-0.2, -0.15) is 0 Å². The van der Waals surface area contributed by atoms with Gasteiger partial charge in [-0.3, -0.25) is 23.7 Å². The van der Waals surface area contributed by atoms with Crippen molar-refractivity contribution in [3.8, 4) is 0 Å². The van der Waals surface area contributed by atoms with E-state index in [1.165, 1.54) is 9.47 Å². The van der Waals surface area contributed by atoms with E-state index in [1.54, 1.807) is 66.7 Å². The van der Waals surface area contributed by atoms with Gasteiger partial charge in [-0.1, -0.05) is 86.0 Å². The van der Waals surface area contributed by atoms with Crippen LogP contribution in [-0.2, 0) is 20.9 Å². The predicted octanol–water partition coefficient (Wildman–Crippen LogP) is 7.07. The zero-order valence-corrected chi connectivity index (χ0v) is 26.1. The molecule has 4 aromatic rings. The molecule has 7 nitrogen and oxygen atoms in total. The minimum atomic E-state index is -0.849. The Morgan fingerprint density at radius 1 is 0.927 bits per heavy atom. The number of thioether (sulfide) groups is 1. The number of nitrogens with one attached hydrogen (secondary N) is 1. The zero-order chi connectivity index (χ0) is 29.0. The van der Waals surface area contributed by atoms with E-state index >= 15 is 0 Å². The van der Waals surface area contributed by atoms with Crippen LogP contribution in [0.3, 0.4) is 0 Å². The molecule has 2 aliphatic heterocycles. The van der Waals surface area contributed by atoms with Gasteiger partial charge in [-0.15, -0.1) is 0 Å². The van der Waals surface area contributed by atoms with Crippen molar-refractivity contribution in [1.29, 1.82) is 0 Å². The molecule has 3 amide bonds. The fourth-order valence-corrected chi connectivity index (χ4v) is 8.65. The highest BCUT2D eigenvalue weighted by atomic mass is 79.9. The molecule has 2 aliphatic rings. The quantitative estimate of drug-likeness (QED) is 0.224. The summed E-state index contributed by atoms with van der Waals surface area (Å²) in [6.45, 7) is -0.285. The Morgan fingerprint density at radius 2 is 1.63 bits per heavy atom. The number of rotatable bonds is 5. The second-order valence-electron chi connectivity index (χ2n) is 9.35. The van der Waals surface area contributed by atoms with E-state index in [4.69, 9.17) is 34.8 Å². The average Bonchev–Trinajstić information content (AvgIpc) is 3.38. The molecule has 3 aromatic carbocycles. The predicted molar refractivity (Wildman–Crippen MR) is 167 cm³/mol. The summed E-state index contributed by atoms with van der Waals surface area (Å²) in [5, 5.41) is 3.42. The summed E-state index contributed by atoms with van der Waals surface area (Å²) in [5.41, 5.74) is 1.50. The third-order valence-electron chi connectivity index (χ3n) is 6.88. The van der Waals surface area contributed by atoms with E-state index in [0.29, 0.717) is 31.9 Å². The van der Waals surface area contributed by atoms with Gasteiger partial charge in [0.15, 0.2) is 0 Å². The van der Waals surface area contributed by atoms with Gasteiger partial charge in [0, 0.05) is 26.0 Å². The van der Waals surface area contributed by atoms with Crippen LogP contribution in [0.1, 0.15) is 16.4 Å². The maximum atomic E-state index is 14.0. The second-order valence-corrected chi connectivity index (χ2v) is 13.6. The van der Waals surface area contributed by atoms with Crippen LogP contribution in [0, 0.1) is 5.92 Å². The van der Waals surface area contributed by atoms with Crippen LogP contribution in [0.15, 0.2) is 81.0 Å². The summed E-state index contributed by atoms with van der Waals surface area (Å²) in [6.07, 6.45) is 0. The fraction of sp³-hybridized carbons (Fsp3) is 0.143. The Labute approximate surface area is 265 Å². The Kier molecular flexibility index (Phi) is 7.82. The highest BCUT2D eigenvalue weighted by Gasteiger charge is 2.57. The molecule has 6 rings (SSSR count). The number of halogens is 4. The molecule has 0 spiro atoms. The number of thiazole rings is 1. The number of aromatic nitrogens is 1. The molecular weight excluding hydrogens is 693 g/mol. The maximum absolute atomic E-state index is 14.0. The Hall–Kier alpha value is -2.60. The Bertz CT molecular complexity index is 1780. The van der Waals surface area contributed by atoms with Gasteiger partial charge in [-0.25, -0.2) is 4.90 Å². The SMILES string of the molecule is O=C(Cn1c2c(sc1=O)C(c1cccc(Cl)c1Cl)C1C(=O)N(c3ccc(Br)cc3)C(=O)C1S2)Nc1ccc(Cl)cc1. The molecule has 3 atom stereocenters. The van der Waals surface area contributed by atoms with Gasteiger partial charge in [-0.05, 0) is 60.2 Å². The first kappa shape index (κ1) is 28.5. The number of imide groups is 1. The molecule has 1 saturated heterocycles. The number of nitrogens with zero attached hydrogens (tertiary/aromatic N) is 2. The second kappa shape index (κ2) is 11.2. The Balaban J connectivity index is 1.43. The highest BCUT2D eigenvalue weighted by Crippen LogP contribution is 2.55. The smallest absolute Gasteiger partial charge is 0.308 e. The third-order valence-corrected chi connectivity index (χ3v) is 11.1. The van der Waals surface area contributed by atoms with Gasteiger partial charge in [0.05, 0.1) is 26.7 Å². The topological polar surface area (TPSA) is 88.5 Å². The van der Waals surface area contributed by atoms with Crippen molar-refractivity contribution in [1.82, 2.24) is 4.57 Å². The number of fused-ring (bicyclic) bond motifs is 2. The van der Waals surface area contributed by atoms with Crippen LogP contribution in [0.2, 0.25) is 15.1 Å². The summed E-state index contributed by atoms with van der Waals surface area (Å²) in [6, 6.07) is 18.6. The van der Waals surface area contributed by atoms with E-state index in [2.05, 4.69) is 21.2 Å². The molecule has 3 unspecified atom stereocenters. The summed E-state index contributed by atoms with van der Waals surface area (Å²) in [4.78, 5) is 55.4. The maximum Gasteiger partial charge on any atom is 0.308 e. The third kappa shape index (κ3) is 5.15. The molecule has 1 N–H and O–H groups in total. The zero-order valence-electron chi connectivity index (χ0n) is 20.6. The standard InChI is InChI=1S/C28H17BrCl3N3O4S2/c29-13-4-10-16(11-5-13)35-25(37)21-20(17-2-1-3-18(31)22(17)32)24-27(40-23(21)26(35)38)34(28(39)41-24)12-19(36)33-15-8-6-14(30)7-9-15/h1-11,20-21,23H,12H2,(H,33,36). The van der Waals surface area contributed by atoms with Crippen molar-refractivity contribution in [3.05, 3.63) is 106 Å². The molecule has 0 radical (unpaired) electrons. The fourth-order valence-electron chi connectivity index (χ4n) is 5.07. The van der Waals surface area contributed by atoms with Crippen molar-refractivity contribution in [3.63, 3.8) is 0 Å². The number of anilines is 2. The van der Waals surface area contributed by atoms with Gasteiger partial charge in [0.25, 0.3) is 0 Å². The van der Waals surface area contributed by atoms with Crippen molar-refractivity contribution >= 4 is 103 Å². The lowest BCUT2D eigenvalue weighted by atomic mass is 9.83. The average molecular weight is 710 g/mol. The van der Waals surface area contributed by atoms with Crippen LogP contribution < -0.4 is 15.1 Å². The van der Waals surface area contributed by atoms with Gasteiger partial charge >= 0.3 is 4.87 Å². The molecule has 208 valence electrons. The molecule has 41 heavy (non-hydrogen) atoms. The molecule has 1 aromatic heterocycles. The largest absolute Gasteiger partial charge is 0.325 e. The van der Waals surface area contributed by atoms with Crippen molar-refractivity contribution < 1.29 is 14.4 Å². The van der Waals surface area contributed by atoms with Crippen LogP contribution >= 0.6 is 73.8 Å². The summed E-state index contributed by atoms with van der Waals surface area (Å²) in [7, 11) is 0. The normalized spacial score (nSPS) is 19.7. The first-order valence-electron chi connectivity index (χ1n) is 12.2. The van der Waals surface area contributed by atoms with Gasteiger partial charge in [0.2, 0.25) is 17.7 Å². The first-order chi connectivity index (χ1) is 19.6. The Morgan fingerprint density at radius 3 is 2.34 bits per heavy atom. The van der Waals surface area contributed by atoms with Crippen LogP contribution in [-0.4, -0.2) is 27.5 Å². The van der Waals surface area contributed by atoms with Crippen molar-refractivity contribution in [2.24, 2.45) is 5.92 Å². The van der Waals surface area contributed by atoms with Gasteiger partial charge < -0.3 is 5.32 Å². The lowest BCUT2D eigenvalue weighted by Crippen LogP contribution is -2.33. The number of hydrogen-bond acceptors (Lipinski definition) is 6. The summed E-state index contributed by atoms with van der Waals surface area (Å²) in [5.74, 6) is -2.79. The van der Waals surface area contributed by atoms with E-state index < -0.39 is 34.8 Å². The summed E-state index contributed by atoms with van der Waals surface area (Å²) < 4.78 is 2.15. The van der Waals surface area contributed by atoms with Gasteiger partial charge in [0.1, 0.15) is 11.8 Å². The molecular formula is C28H17BrCl3N3O4S2. The van der Waals surface area contributed by atoms with Crippen LogP contribution in [0.25, 0.3) is 0 Å². The van der Waals surface area contributed by atoms with E-state index in [0.717, 1.165) is 27.6 Å². The molecule has 1 fully saturated rings. The molecule has 0 aliphatic carbocycles. The first-order valence-corrected chi connectivity index (χ1v) is 15.8. The molecule has 0 saturated carbocycles. The van der Waals surface area contributed by atoms with Crippen LogP contribution in [0.4, 0.5) is 11.4 Å². The number of benzene rings is 3. The number of amides is 3. The lowest BCUT2D eigenvalue weighted by molar-refractivity contribution is -0.122. The van der Waals surface area contributed by atoms with Crippen molar-refractivity contribution in [2.45, 2.75) is 22.7 Å². The minimum Gasteiger partial charge on any atom is -0.325 e. The lowest BCUT2D eigenvalue weighted by Gasteiger charge is -2.31. The van der Waals surface area contributed by atoms with E-state index in [9.17, 15) is 19.2 Å². The van der Waals surface area contributed by atoms with E-state index in [-0.39, 0.29) is 21.5 Å². The summed E-state index contributed by atoms with van der Waals surface area (Å²) >= 11 is 24.4. The monoisotopic (exact) mass is 707 g/mol. The van der Waals surface area contributed by atoms with Crippen LogP contribution in [0.5, 0.6) is 0 Å². The number of carbonyl (C=O) groups is 3. The molecule has 3 heterocycles. The minimum absolute atomic E-state index is 0.242. The number of hydrogen-bond donors (Lipinski definition) is 1.